The summed E-state index contributed by atoms with van der Waals surface area (Å²) < 4.78 is 13.1. The zero-order valence-corrected chi connectivity index (χ0v) is 17.3. The van der Waals surface area contributed by atoms with Gasteiger partial charge in [-0.2, -0.15) is 0 Å². The lowest BCUT2D eigenvalue weighted by molar-refractivity contribution is -0.136. The van der Waals surface area contributed by atoms with Crippen LogP contribution in [0.2, 0.25) is 0 Å². The zero-order valence-electron chi connectivity index (χ0n) is 14.2. The van der Waals surface area contributed by atoms with Gasteiger partial charge in [-0.25, -0.2) is 4.79 Å². The number of rotatable bonds is 5. The third kappa shape index (κ3) is 4.84. The molecule has 0 N–H and O–H groups in total. The summed E-state index contributed by atoms with van der Waals surface area (Å²) in [5.74, 6) is 1.13. The molecule has 3 nitrogen and oxygen atoms in total. The molecule has 0 radical (unpaired) electrons. The van der Waals surface area contributed by atoms with E-state index in [1.807, 2.05) is 38.1 Å². The molecule has 0 aliphatic carbocycles. The number of carbonyl (C=O) groups is 1. The predicted octanol–water partition coefficient (Wildman–Crippen LogP) is 5.94. The fraction of sp³-hybridized carbons (Fsp3) is 0.316. The van der Waals surface area contributed by atoms with Crippen molar-refractivity contribution in [1.82, 2.24) is 0 Å². The highest BCUT2D eigenvalue weighted by Crippen LogP contribution is 2.30. The van der Waals surface area contributed by atoms with E-state index >= 15 is 0 Å². The van der Waals surface area contributed by atoms with Crippen LogP contribution in [-0.4, -0.2) is 12.6 Å². The molecule has 128 valence electrons. The van der Waals surface area contributed by atoms with E-state index in [-0.39, 0.29) is 12.5 Å². The number of carbonyl (C=O) groups excluding carboxylic acids is 1. The Morgan fingerprint density at radius 3 is 2.25 bits per heavy atom. The van der Waals surface area contributed by atoms with Crippen LogP contribution in [-0.2, 0) is 4.79 Å². The third-order valence-electron chi connectivity index (χ3n) is 3.58. The molecule has 24 heavy (non-hydrogen) atoms. The summed E-state index contributed by atoms with van der Waals surface area (Å²) >= 11 is 6.89. The van der Waals surface area contributed by atoms with Crippen LogP contribution < -0.4 is 9.47 Å². The molecule has 0 saturated heterocycles. The van der Waals surface area contributed by atoms with Crippen molar-refractivity contribution >= 4 is 37.8 Å². The quantitative estimate of drug-likeness (QED) is 0.413. The number of aryl methyl sites for hydroxylation is 2. The largest absolute Gasteiger partial charge is 0.481 e. The van der Waals surface area contributed by atoms with Gasteiger partial charge in [0.15, 0.2) is 6.61 Å². The highest BCUT2D eigenvalue weighted by atomic mass is 79.9. The number of esters is 1. The maximum atomic E-state index is 12.2. The molecule has 2 rings (SSSR count). The van der Waals surface area contributed by atoms with E-state index in [0.717, 1.165) is 31.4 Å². The molecule has 0 spiro atoms. The second-order valence-corrected chi connectivity index (χ2v) is 7.80. The van der Waals surface area contributed by atoms with E-state index < -0.39 is 5.97 Å². The van der Waals surface area contributed by atoms with Crippen LogP contribution in [0.1, 0.15) is 36.5 Å². The molecular formula is C19H20Br2O3. The second kappa shape index (κ2) is 8.17. The maximum Gasteiger partial charge on any atom is 0.349 e. The van der Waals surface area contributed by atoms with Gasteiger partial charge in [-0.3, -0.25) is 0 Å². The number of hydrogen-bond acceptors (Lipinski definition) is 3. The monoisotopic (exact) mass is 454 g/mol. The van der Waals surface area contributed by atoms with Gasteiger partial charge in [0.25, 0.3) is 0 Å². The highest BCUT2D eigenvalue weighted by Gasteiger charge is 2.14. The Bertz CT molecular complexity index is 731. The third-order valence-corrected chi connectivity index (χ3v) is 4.53. The Balaban J connectivity index is 2.07. The lowest BCUT2D eigenvalue weighted by atomic mass is 10.0. The Labute approximate surface area is 159 Å². The normalized spacial score (nSPS) is 10.8. The van der Waals surface area contributed by atoms with Crippen molar-refractivity contribution in [3.63, 3.8) is 0 Å². The van der Waals surface area contributed by atoms with Gasteiger partial charge < -0.3 is 9.47 Å². The summed E-state index contributed by atoms with van der Waals surface area (Å²) in [7, 11) is 0. The number of ether oxygens (including phenoxy) is 2. The molecule has 0 aliphatic heterocycles. The van der Waals surface area contributed by atoms with E-state index in [2.05, 4.69) is 45.7 Å². The summed E-state index contributed by atoms with van der Waals surface area (Å²) in [6.07, 6.45) is 0. The smallest absolute Gasteiger partial charge is 0.349 e. The van der Waals surface area contributed by atoms with Crippen LogP contribution in [0.4, 0.5) is 0 Å². The van der Waals surface area contributed by atoms with Crippen molar-refractivity contribution in [3.05, 3.63) is 56.0 Å². The first-order valence-electron chi connectivity index (χ1n) is 7.67. The molecular weight excluding hydrogens is 436 g/mol. The van der Waals surface area contributed by atoms with Crippen molar-refractivity contribution in [2.45, 2.75) is 33.6 Å². The van der Waals surface area contributed by atoms with Gasteiger partial charge in [-0.05, 0) is 66.8 Å². The Morgan fingerprint density at radius 1 is 1.04 bits per heavy atom. The van der Waals surface area contributed by atoms with Gasteiger partial charge >= 0.3 is 5.97 Å². The first kappa shape index (κ1) is 19.0. The lowest BCUT2D eigenvalue weighted by Crippen LogP contribution is -2.19. The minimum atomic E-state index is -0.416. The van der Waals surface area contributed by atoms with E-state index in [1.165, 1.54) is 0 Å². The second-order valence-electron chi connectivity index (χ2n) is 5.97. The molecule has 0 amide bonds. The van der Waals surface area contributed by atoms with Crippen LogP contribution in [0.25, 0.3) is 0 Å². The van der Waals surface area contributed by atoms with Gasteiger partial charge in [0.05, 0.1) is 0 Å². The Hall–Kier alpha value is -1.33. The molecule has 0 aromatic heterocycles. The van der Waals surface area contributed by atoms with Crippen LogP contribution in [0, 0.1) is 13.8 Å². The van der Waals surface area contributed by atoms with E-state index in [9.17, 15) is 4.79 Å². The van der Waals surface area contributed by atoms with Crippen molar-refractivity contribution in [1.29, 1.82) is 0 Å². The van der Waals surface area contributed by atoms with E-state index in [1.54, 1.807) is 6.07 Å². The van der Waals surface area contributed by atoms with Gasteiger partial charge in [-0.1, -0.05) is 45.7 Å². The van der Waals surface area contributed by atoms with E-state index in [0.29, 0.717) is 5.75 Å². The summed E-state index contributed by atoms with van der Waals surface area (Å²) in [5, 5.41) is 0. The number of halogens is 2. The first-order chi connectivity index (χ1) is 11.3. The van der Waals surface area contributed by atoms with Crippen LogP contribution >= 0.6 is 31.9 Å². The molecule has 5 heteroatoms. The van der Waals surface area contributed by atoms with Crippen LogP contribution in [0.5, 0.6) is 11.5 Å². The minimum Gasteiger partial charge on any atom is -0.481 e. The van der Waals surface area contributed by atoms with Crippen LogP contribution in [0.15, 0.2) is 39.3 Å². The summed E-state index contributed by atoms with van der Waals surface area (Å²) in [6, 6.07) is 9.54. The van der Waals surface area contributed by atoms with Gasteiger partial charge in [0, 0.05) is 8.95 Å². The predicted molar refractivity (Wildman–Crippen MR) is 103 cm³/mol. The summed E-state index contributed by atoms with van der Waals surface area (Å²) in [4.78, 5) is 12.2. The molecule has 0 atom stereocenters. The Kier molecular flexibility index (Phi) is 6.47. The summed E-state index contributed by atoms with van der Waals surface area (Å²) in [6.45, 7) is 7.89. The fourth-order valence-electron chi connectivity index (χ4n) is 2.47. The molecule has 0 fully saturated rings. The standard InChI is InChI=1S/C19H20Br2O3/c1-11(2)16-9-14(20)5-6-17(16)24-18(22)10-23-19-12(3)7-15(21)8-13(19)4/h5-9,11H,10H2,1-4H3. The SMILES string of the molecule is Cc1cc(Br)cc(C)c1OCC(=O)Oc1ccc(Br)cc1C(C)C. The molecule has 0 heterocycles. The zero-order chi connectivity index (χ0) is 17.9. The molecule has 2 aromatic rings. The Morgan fingerprint density at radius 2 is 1.67 bits per heavy atom. The fourth-order valence-corrected chi connectivity index (χ4v) is 3.54. The van der Waals surface area contributed by atoms with Gasteiger partial charge in [0.1, 0.15) is 11.5 Å². The summed E-state index contributed by atoms with van der Waals surface area (Å²) in [5.41, 5.74) is 2.93. The van der Waals surface area contributed by atoms with Crippen molar-refractivity contribution in [2.75, 3.05) is 6.61 Å². The lowest BCUT2D eigenvalue weighted by Gasteiger charge is -2.15. The maximum absolute atomic E-state index is 12.2. The average molecular weight is 456 g/mol. The van der Waals surface area contributed by atoms with Crippen molar-refractivity contribution < 1.29 is 14.3 Å². The number of benzene rings is 2. The molecule has 0 unspecified atom stereocenters. The van der Waals surface area contributed by atoms with E-state index in [4.69, 9.17) is 9.47 Å². The molecule has 0 saturated carbocycles. The van der Waals surface area contributed by atoms with Gasteiger partial charge in [0.2, 0.25) is 0 Å². The average Bonchev–Trinajstić information content (AvgIpc) is 2.47. The molecule has 0 aliphatic rings. The molecule has 0 bridgehead atoms. The highest BCUT2D eigenvalue weighted by molar-refractivity contribution is 9.10. The first-order valence-corrected chi connectivity index (χ1v) is 9.26. The minimum absolute atomic E-state index is 0.128. The number of hydrogen-bond donors (Lipinski definition) is 0. The van der Waals surface area contributed by atoms with Crippen molar-refractivity contribution in [3.8, 4) is 11.5 Å². The molecule has 2 aromatic carbocycles. The van der Waals surface area contributed by atoms with Crippen molar-refractivity contribution in [2.24, 2.45) is 0 Å². The van der Waals surface area contributed by atoms with Crippen LogP contribution in [0.3, 0.4) is 0 Å². The van der Waals surface area contributed by atoms with Gasteiger partial charge in [-0.15, -0.1) is 0 Å². The topological polar surface area (TPSA) is 35.5 Å².